The normalized spacial score (nSPS) is 10.9. The molecule has 26 heavy (non-hydrogen) atoms. The van der Waals surface area contributed by atoms with Crippen LogP contribution in [-0.4, -0.2) is 33.8 Å². The molecular formula is C19H22N4O3. The first-order chi connectivity index (χ1) is 12.4. The number of rotatable bonds is 5. The van der Waals surface area contributed by atoms with Crippen LogP contribution in [0.3, 0.4) is 0 Å². The van der Waals surface area contributed by atoms with E-state index < -0.39 is 5.97 Å². The molecule has 0 aliphatic heterocycles. The van der Waals surface area contributed by atoms with Crippen molar-refractivity contribution in [3.8, 4) is 0 Å². The predicted molar refractivity (Wildman–Crippen MR) is 98.1 cm³/mol. The van der Waals surface area contributed by atoms with Crippen LogP contribution in [0.15, 0.2) is 24.3 Å². The van der Waals surface area contributed by atoms with Crippen LogP contribution in [-0.2, 0) is 24.8 Å². The number of fused-ring (bicyclic) bond motifs is 1. The molecule has 1 aromatic carbocycles. The Morgan fingerprint density at radius 2 is 2.08 bits per heavy atom. The lowest BCUT2D eigenvalue weighted by molar-refractivity contribution is 0.0593. The molecule has 0 spiro atoms. The number of hydrogen-bond donors (Lipinski definition) is 2. The minimum absolute atomic E-state index is 0.108. The summed E-state index contributed by atoms with van der Waals surface area (Å²) in [6, 6.07) is 7.53. The lowest BCUT2D eigenvalue weighted by Gasteiger charge is -2.06. The number of esters is 1. The van der Waals surface area contributed by atoms with Gasteiger partial charge in [-0.05, 0) is 36.6 Å². The van der Waals surface area contributed by atoms with Gasteiger partial charge in [0.1, 0.15) is 5.69 Å². The van der Waals surface area contributed by atoms with Crippen LogP contribution >= 0.6 is 0 Å². The highest BCUT2D eigenvalue weighted by molar-refractivity contribution is 5.96. The Balaban J connectivity index is 1.75. The molecule has 7 nitrogen and oxygen atoms in total. The Hall–Kier alpha value is -3.09. The van der Waals surface area contributed by atoms with E-state index in [4.69, 9.17) is 0 Å². The lowest BCUT2D eigenvalue weighted by atomic mass is 10.1. The van der Waals surface area contributed by atoms with E-state index in [1.165, 1.54) is 34.5 Å². The smallest absolute Gasteiger partial charge is 0.358 e. The first-order valence-electron chi connectivity index (χ1n) is 8.45. The summed E-state index contributed by atoms with van der Waals surface area (Å²) in [5.41, 5.74) is 4.99. The van der Waals surface area contributed by atoms with Gasteiger partial charge in [-0.3, -0.25) is 9.48 Å². The van der Waals surface area contributed by atoms with Crippen molar-refractivity contribution in [3.63, 3.8) is 0 Å². The van der Waals surface area contributed by atoms with Crippen molar-refractivity contribution >= 4 is 22.8 Å². The second-order valence-electron chi connectivity index (χ2n) is 6.17. The summed E-state index contributed by atoms with van der Waals surface area (Å²) in [6.45, 7) is 4.61. The van der Waals surface area contributed by atoms with Crippen molar-refractivity contribution in [2.75, 3.05) is 7.11 Å². The van der Waals surface area contributed by atoms with Gasteiger partial charge in [-0.25, -0.2) is 4.79 Å². The predicted octanol–water partition coefficient (Wildman–Crippen LogP) is 2.49. The van der Waals surface area contributed by atoms with Gasteiger partial charge in [-0.1, -0.05) is 13.0 Å². The van der Waals surface area contributed by atoms with E-state index in [0.717, 1.165) is 17.5 Å². The number of aromatic nitrogens is 3. The highest BCUT2D eigenvalue weighted by Gasteiger charge is 2.17. The van der Waals surface area contributed by atoms with Crippen molar-refractivity contribution in [2.24, 2.45) is 7.05 Å². The first kappa shape index (κ1) is 17.7. The number of nitrogens with one attached hydrogen (secondary N) is 2. The van der Waals surface area contributed by atoms with Gasteiger partial charge in [-0.15, -0.1) is 0 Å². The Bertz CT molecular complexity index is 984. The van der Waals surface area contributed by atoms with Gasteiger partial charge in [-0.2, -0.15) is 5.10 Å². The Kier molecular flexibility index (Phi) is 4.79. The second-order valence-corrected chi connectivity index (χ2v) is 6.17. The van der Waals surface area contributed by atoms with Gasteiger partial charge in [0.05, 0.1) is 7.11 Å². The average molecular weight is 354 g/mol. The number of benzene rings is 1. The molecule has 1 amide bonds. The van der Waals surface area contributed by atoms with Crippen molar-refractivity contribution in [1.29, 1.82) is 0 Å². The fraction of sp³-hybridized carbons (Fsp3) is 0.316. The highest BCUT2D eigenvalue weighted by atomic mass is 16.5. The zero-order valence-electron chi connectivity index (χ0n) is 15.3. The van der Waals surface area contributed by atoms with E-state index in [0.29, 0.717) is 12.2 Å². The maximum Gasteiger partial charge on any atom is 0.358 e. The molecule has 2 aromatic heterocycles. The average Bonchev–Trinajstić information content (AvgIpc) is 3.19. The summed E-state index contributed by atoms with van der Waals surface area (Å²) < 4.78 is 6.00. The number of hydrogen-bond acceptors (Lipinski definition) is 4. The molecule has 0 saturated carbocycles. The summed E-state index contributed by atoms with van der Waals surface area (Å²) in [5, 5.41) is 8.04. The molecule has 0 atom stereocenters. The van der Waals surface area contributed by atoms with E-state index in [1.54, 1.807) is 7.05 Å². The minimum Gasteiger partial charge on any atom is -0.464 e. The van der Waals surface area contributed by atoms with Crippen LogP contribution in [0, 0.1) is 6.92 Å². The van der Waals surface area contributed by atoms with E-state index in [1.807, 2.05) is 12.1 Å². The Morgan fingerprint density at radius 3 is 2.77 bits per heavy atom. The molecule has 2 N–H and O–H groups in total. The van der Waals surface area contributed by atoms with Gasteiger partial charge >= 0.3 is 5.97 Å². The van der Waals surface area contributed by atoms with Crippen molar-refractivity contribution in [2.45, 2.75) is 26.8 Å². The van der Waals surface area contributed by atoms with E-state index in [-0.39, 0.29) is 11.6 Å². The number of carbonyl (C=O) groups excluding carboxylic acids is 2. The number of amides is 1. The standard InChI is InChI=1S/C19H22N4O3/c1-5-14-11(2)13-8-12(6-7-15(13)21-14)10-20-18(24)17-9-16(19(25)26-4)22-23(17)3/h6-9,21H,5,10H2,1-4H3,(H,20,24). The molecule has 0 aliphatic rings. The van der Waals surface area contributed by atoms with Gasteiger partial charge < -0.3 is 15.0 Å². The third kappa shape index (κ3) is 3.20. The fourth-order valence-corrected chi connectivity index (χ4v) is 3.05. The molecule has 2 heterocycles. The van der Waals surface area contributed by atoms with E-state index >= 15 is 0 Å². The van der Waals surface area contributed by atoms with Crippen LogP contribution < -0.4 is 5.32 Å². The monoisotopic (exact) mass is 354 g/mol. The zero-order valence-corrected chi connectivity index (χ0v) is 15.3. The summed E-state index contributed by atoms with van der Waals surface area (Å²) in [5.74, 6) is -0.866. The zero-order chi connectivity index (χ0) is 18.8. The van der Waals surface area contributed by atoms with Crippen LogP contribution in [0.5, 0.6) is 0 Å². The second kappa shape index (κ2) is 7.03. The molecule has 0 unspecified atom stereocenters. The third-order valence-corrected chi connectivity index (χ3v) is 4.54. The molecule has 0 radical (unpaired) electrons. The number of ether oxygens (including phenoxy) is 1. The van der Waals surface area contributed by atoms with Crippen LogP contribution in [0.4, 0.5) is 0 Å². The number of aryl methyl sites for hydroxylation is 3. The first-order valence-corrected chi connectivity index (χ1v) is 8.45. The van der Waals surface area contributed by atoms with Crippen molar-refractivity contribution < 1.29 is 14.3 Å². The molecule has 3 rings (SSSR count). The molecule has 0 bridgehead atoms. The molecule has 3 aromatic rings. The van der Waals surface area contributed by atoms with Crippen LogP contribution in [0.1, 0.15) is 44.7 Å². The van der Waals surface area contributed by atoms with Gasteiger partial charge in [0, 0.05) is 36.3 Å². The molecule has 136 valence electrons. The number of nitrogens with zero attached hydrogens (tertiary/aromatic N) is 2. The number of methoxy groups -OCH3 is 1. The van der Waals surface area contributed by atoms with Gasteiger partial charge in [0.2, 0.25) is 0 Å². The Labute approximate surface area is 151 Å². The summed E-state index contributed by atoms with van der Waals surface area (Å²) in [4.78, 5) is 27.4. The molecule has 0 fully saturated rings. The van der Waals surface area contributed by atoms with E-state index in [2.05, 4.69) is 40.1 Å². The third-order valence-electron chi connectivity index (χ3n) is 4.54. The van der Waals surface area contributed by atoms with Crippen LogP contribution in [0.25, 0.3) is 10.9 Å². The summed E-state index contributed by atoms with van der Waals surface area (Å²) in [6.07, 6.45) is 0.954. The number of H-pyrrole nitrogens is 1. The van der Waals surface area contributed by atoms with Gasteiger partial charge in [0.15, 0.2) is 5.69 Å². The molecule has 0 aliphatic carbocycles. The summed E-state index contributed by atoms with van der Waals surface area (Å²) >= 11 is 0. The Morgan fingerprint density at radius 1 is 1.31 bits per heavy atom. The molecular weight excluding hydrogens is 332 g/mol. The largest absolute Gasteiger partial charge is 0.464 e. The SMILES string of the molecule is CCc1[nH]c2ccc(CNC(=O)c3cc(C(=O)OC)nn3C)cc2c1C. The van der Waals surface area contributed by atoms with Gasteiger partial charge in [0.25, 0.3) is 5.91 Å². The number of aromatic amines is 1. The van der Waals surface area contributed by atoms with Crippen molar-refractivity contribution in [3.05, 3.63) is 52.5 Å². The maximum absolute atomic E-state index is 12.4. The summed E-state index contributed by atoms with van der Waals surface area (Å²) in [7, 11) is 2.89. The minimum atomic E-state index is -0.570. The quantitative estimate of drug-likeness (QED) is 0.689. The van der Waals surface area contributed by atoms with Crippen molar-refractivity contribution in [1.82, 2.24) is 20.1 Å². The maximum atomic E-state index is 12.4. The van der Waals surface area contributed by atoms with Crippen LogP contribution in [0.2, 0.25) is 0 Å². The number of carbonyl (C=O) groups is 2. The highest BCUT2D eigenvalue weighted by Crippen LogP contribution is 2.23. The molecule has 0 saturated heterocycles. The fourth-order valence-electron chi connectivity index (χ4n) is 3.05. The molecule has 7 heteroatoms. The lowest BCUT2D eigenvalue weighted by Crippen LogP contribution is -2.25. The van der Waals surface area contributed by atoms with E-state index in [9.17, 15) is 9.59 Å². The topological polar surface area (TPSA) is 89.0 Å².